The van der Waals surface area contributed by atoms with Crippen LogP contribution in [0.5, 0.6) is 0 Å². The van der Waals surface area contributed by atoms with Crippen molar-refractivity contribution in [2.75, 3.05) is 0 Å². The van der Waals surface area contributed by atoms with E-state index >= 15 is 0 Å². The minimum absolute atomic E-state index is 0.0381. The van der Waals surface area contributed by atoms with E-state index in [-0.39, 0.29) is 5.56 Å². The van der Waals surface area contributed by atoms with Gasteiger partial charge < -0.3 is 0 Å². The number of hydrogen-bond donors (Lipinski definition) is 0. The van der Waals surface area contributed by atoms with Gasteiger partial charge in [-0.3, -0.25) is 9.36 Å². The summed E-state index contributed by atoms with van der Waals surface area (Å²) in [6, 6.07) is 0. The molecule has 0 unspecified atom stereocenters. The van der Waals surface area contributed by atoms with Crippen molar-refractivity contribution in [1.29, 1.82) is 0 Å². The fourth-order valence-electron chi connectivity index (χ4n) is 1.65. The molecule has 0 aromatic carbocycles. The molecule has 0 spiro atoms. The van der Waals surface area contributed by atoms with Crippen LogP contribution in [0.25, 0.3) is 10.3 Å². The third kappa shape index (κ3) is 1.43. The summed E-state index contributed by atoms with van der Waals surface area (Å²) in [7, 11) is 1.77. The summed E-state index contributed by atoms with van der Waals surface area (Å²) in [5.41, 5.74) is 0.433. The Hall–Kier alpha value is -0.750. The fourth-order valence-corrected chi connectivity index (χ4v) is 2.95. The number of thiazole rings is 1. The molecule has 0 atom stereocenters. The molecular weight excluding hydrogens is 278 g/mol. The average Bonchev–Trinajstić information content (AvgIpc) is 2.96. The summed E-state index contributed by atoms with van der Waals surface area (Å²) in [4.78, 5) is 21.3. The molecule has 2 heterocycles. The highest BCUT2D eigenvalue weighted by atomic mass is 79.9. The van der Waals surface area contributed by atoms with Gasteiger partial charge in [-0.05, 0) is 28.8 Å². The van der Waals surface area contributed by atoms with Crippen LogP contribution in [-0.4, -0.2) is 14.5 Å². The first-order valence-corrected chi connectivity index (χ1v) is 6.30. The normalized spacial score (nSPS) is 16.1. The molecule has 1 saturated carbocycles. The lowest BCUT2D eigenvalue weighted by Gasteiger charge is -2.04. The van der Waals surface area contributed by atoms with Crippen molar-refractivity contribution in [3.05, 3.63) is 20.1 Å². The Bertz CT molecular complexity index is 599. The molecule has 2 aromatic heterocycles. The van der Waals surface area contributed by atoms with Crippen LogP contribution in [0.4, 0.5) is 0 Å². The van der Waals surface area contributed by atoms with Crippen LogP contribution in [0, 0.1) is 0 Å². The van der Waals surface area contributed by atoms with E-state index in [0.29, 0.717) is 11.4 Å². The molecule has 0 N–H and O–H groups in total. The predicted octanol–water partition coefficient (Wildman–Crippen LogP) is 2.03. The molecule has 1 aliphatic carbocycles. The minimum atomic E-state index is -0.0381. The summed E-state index contributed by atoms with van der Waals surface area (Å²) >= 11 is 4.70. The summed E-state index contributed by atoms with van der Waals surface area (Å²) in [5.74, 6) is 1.39. The number of aromatic nitrogens is 3. The highest BCUT2D eigenvalue weighted by molar-refractivity contribution is 9.11. The minimum Gasteiger partial charge on any atom is -0.298 e. The van der Waals surface area contributed by atoms with Crippen LogP contribution < -0.4 is 5.56 Å². The maximum atomic E-state index is 11.9. The summed E-state index contributed by atoms with van der Waals surface area (Å²) < 4.78 is 2.35. The maximum Gasteiger partial charge on any atom is 0.280 e. The van der Waals surface area contributed by atoms with Crippen LogP contribution in [-0.2, 0) is 7.05 Å². The lowest BCUT2D eigenvalue weighted by molar-refractivity contribution is 0.744. The van der Waals surface area contributed by atoms with E-state index in [1.165, 1.54) is 11.3 Å². The maximum absolute atomic E-state index is 11.9. The van der Waals surface area contributed by atoms with Crippen molar-refractivity contribution in [3.63, 3.8) is 0 Å². The first-order chi connectivity index (χ1) is 7.16. The number of halogens is 1. The molecular formula is C9H8BrN3OS. The molecule has 78 valence electrons. The number of fused-ring (bicyclic) bond motifs is 1. The van der Waals surface area contributed by atoms with Crippen LogP contribution >= 0.6 is 27.3 Å². The van der Waals surface area contributed by atoms with Gasteiger partial charge in [-0.15, -0.1) is 0 Å². The Morgan fingerprint density at radius 3 is 2.87 bits per heavy atom. The van der Waals surface area contributed by atoms with Crippen molar-refractivity contribution in [2.45, 2.75) is 18.8 Å². The van der Waals surface area contributed by atoms with Crippen molar-refractivity contribution < 1.29 is 0 Å². The van der Waals surface area contributed by atoms with Crippen LogP contribution in [0.2, 0.25) is 0 Å². The van der Waals surface area contributed by atoms with Crippen LogP contribution in [0.3, 0.4) is 0 Å². The second kappa shape index (κ2) is 3.12. The molecule has 0 saturated heterocycles. The third-order valence-corrected chi connectivity index (χ3v) is 3.99. The fraction of sp³-hybridized carbons (Fsp3) is 0.444. The standard InChI is InChI=1S/C9H8BrN3OS/c1-13-6(4-2-3-4)12-7-5(8(13)14)11-9(10)15-7/h4H,2-3H2,1H3. The van der Waals surface area contributed by atoms with E-state index in [9.17, 15) is 4.79 Å². The van der Waals surface area contributed by atoms with Gasteiger partial charge in [-0.2, -0.15) is 0 Å². The van der Waals surface area contributed by atoms with Gasteiger partial charge in [0.2, 0.25) is 0 Å². The van der Waals surface area contributed by atoms with E-state index in [1.54, 1.807) is 11.6 Å². The van der Waals surface area contributed by atoms with E-state index in [2.05, 4.69) is 25.9 Å². The lowest BCUT2D eigenvalue weighted by Crippen LogP contribution is -2.21. The predicted molar refractivity (Wildman–Crippen MR) is 62.3 cm³/mol. The van der Waals surface area contributed by atoms with Gasteiger partial charge in [0.05, 0.1) is 0 Å². The SMILES string of the molecule is Cn1c(C2CC2)nc2sc(Br)nc2c1=O. The number of hydrogen-bond acceptors (Lipinski definition) is 4. The van der Waals surface area contributed by atoms with E-state index < -0.39 is 0 Å². The smallest absolute Gasteiger partial charge is 0.280 e. The second-order valence-corrected chi connectivity index (χ2v) is 5.98. The van der Waals surface area contributed by atoms with E-state index in [4.69, 9.17) is 0 Å². The molecule has 15 heavy (non-hydrogen) atoms. The number of nitrogens with zero attached hydrogens (tertiary/aromatic N) is 3. The van der Waals surface area contributed by atoms with Gasteiger partial charge >= 0.3 is 0 Å². The van der Waals surface area contributed by atoms with Gasteiger partial charge in [0, 0.05) is 13.0 Å². The van der Waals surface area contributed by atoms with Crippen molar-refractivity contribution in [2.24, 2.45) is 7.05 Å². The Morgan fingerprint density at radius 2 is 2.20 bits per heavy atom. The molecule has 1 aliphatic rings. The van der Waals surface area contributed by atoms with Crippen LogP contribution in [0.1, 0.15) is 24.6 Å². The lowest BCUT2D eigenvalue weighted by atomic mass is 10.3. The molecule has 4 nitrogen and oxygen atoms in total. The number of rotatable bonds is 1. The zero-order valence-electron chi connectivity index (χ0n) is 8.03. The topological polar surface area (TPSA) is 47.8 Å². The first kappa shape index (κ1) is 9.47. The molecule has 0 aliphatic heterocycles. The summed E-state index contributed by atoms with van der Waals surface area (Å²) in [6.45, 7) is 0. The molecule has 0 bridgehead atoms. The van der Waals surface area contributed by atoms with Crippen LogP contribution in [0.15, 0.2) is 8.71 Å². The Kier molecular flexibility index (Phi) is 1.97. The first-order valence-electron chi connectivity index (χ1n) is 4.70. The Labute approximate surface area is 98.1 Å². The quantitative estimate of drug-likeness (QED) is 0.806. The van der Waals surface area contributed by atoms with Crippen molar-refractivity contribution in [3.8, 4) is 0 Å². The van der Waals surface area contributed by atoms with Crippen molar-refractivity contribution >= 4 is 37.6 Å². The molecule has 3 rings (SSSR count). The molecule has 0 amide bonds. The third-order valence-electron chi connectivity index (χ3n) is 2.59. The molecule has 1 fully saturated rings. The Balaban J connectivity index is 2.39. The summed E-state index contributed by atoms with van der Waals surface area (Å²) in [5, 5.41) is 0. The van der Waals surface area contributed by atoms with E-state index in [1.807, 2.05) is 0 Å². The molecule has 2 aromatic rings. The monoisotopic (exact) mass is 285 g/mol. The average molecular weight is 286 g/mol. The van der Waals surface area contributed by atoms with Gasteiger partial charge in [-0.25, -0.2) is 9.97 Å². The molecule has 0 radical (unpaired) electrons. The second-order valence-electron chi connectivity index (χ2n) is 3.73. The largest absolute Gasteiger partial charge is 0.298 e. The van der Waals surface area contributed by atoms with Crippen molar-refractivity contribution in [1.82, 2.24) is 14.5 Å². The zero-order chi connectivity index (χ0) is 10.6. The van der Waals surface area contributed by atoms with Gasteiger partial charge in [0.25, 0.3) is 5.56 Å². The van der Waals surface area contributed by atoms with Gasteiger partial charge in [0.15, 0.2) is 14.3 Å². The zero-order valence-corrected chi connectivity index (χ0v) is 10.4. The highest BCUT2D eigenvalue weighted by Crippen LogP contribution is 2.39. The Morgan fingerprint density at radius 1 is 1.47 bits per heavy atom. The van der Waals surface area contributed by atoms with Gasteiger partial charge in [0.1, 0.15) is 5.82 Å². The van der Waals surface area contributed by atoms with E-state index in [0.717, 1.165) is 27.4 Å². The van der Waals surface area contributed by atoms with Gasteiger partial charge in [-0.1, -0.05) is 11.3 Å². The summed E-state index contributed by atoms with van der Waals surface area (Å²) in [6.07, 6.45) is 2.29. The highest BCUT2D eigenvalue weighted by Gasteiger charge is 2.28. The molecule has 6 heteroatoms.